The summed E-state index contributed by atoms with van der Waals surface area (Å²) in [6.07, 6.45) is 3.91. The van der Waals surface area contributed by atoms with Gasteiger partial charge in [0.2, 0.25) is 0 Å². The fraction of sp³-hybridized carbons (Fsp3) is 0.667. The van der Waals surface area contributed by atoms with Gasteiger partial charge in [0.05, 0.1) is 26.4 Å². The highest BCUT2D eigenvalue weighted by Crippen LogP contribution is 2.29. The molecule has 23 heavy (non-hydrogen) atoms. The van der Waals surface area contributed by atoms with Crippen LogP contribution in [0.5, 0.6) is 0 Å². The normalized spacial score (nSPS) is 27.6. The second kappa shape index (κ2) is 10.3. The summed E-state index contributed by atoms with van der Waals surface area (Å²) in [6, 6.07) is 11.5. The molecule has 2 aliphatic rings. The van der Waals surface area contributed by atoms with Crippen molar-refractivity contribution in [3.05, 3.63) is 35.9 Å². The molecular weight excluding hydrogens is 312 g/mol. The third kappa shape index (κ3) is 5.73. The summed E-state index contributed by atoms with van der Waals surface area (Å²) >= 11 is 0. The highest BCUT2D eigenvalue weighted by molar-refractivity contribution is 5.85. The first kappa shape index (κ1) is 18.7. The van der Waals surface area contributed by atoms with E-state index >= 15 is 0 Å². The van der Waals surface area contributed by atoms with Crippen LogP contribution in [0.2, 0.25) is 0 Å². The number of halogens is 1. The van der Waals surface area contributed by atoms with E-state index in [1.165, 1.54) is 24.8 Å². The van der Waals surface area contributed by atoms with Crippen LogP contribution in [0.15, 0.2) is 30.3 Å². The minimum atomic E-state index is 0. The Hall–Kier alpha value is -0.650. The first-order chi connectivity index (χ1) is 10.9. The predicted octanol–water partition coefficient (Wildman–Crippen LogP) is 2.37. The summed E-state index contributed by atoms with van der Waals surface area (Å²) in [6.45, 7) is 5.12. The fourth-order valence-corrected chi connectivity index (χ4v) is 3.67. The van der Waals surface area contributed by atoms with Crippen molar-refractivity contribution < 1.29 is 9.47 Å². The molecule has 0 radical (unpaired) electrons. The lowest BCUT2D eigenvalue weighted by atomic mass is 9.94. The van der Waals surface area contributed by atoms with Gasteiger partial charge in [-0.3, -0.25) is 0 Å². The predicted molar refractivity (Wildman–Crippen MR) is 95.1 cm³/mol. The van der Waals surface area contributed by atoms with Crippen molar-refractivity contribution in [1.29, 1.82) is 0 Å². The molecule has 0 spiro atoms. The average molecular weight is 341 g/mol. The van der Waals surface area contributed by atoms with Gasteiger partial charge in [-0.15, -0.1) is 12.4 Å². The Morgan fingerprint density at radius 3 is 2.87 bits per heavy atom. The SMILES string of the molecule is Cl.c1ccc(COCCNC2CCCC2C2COCCN2)cc1. The van der Waals surface area contributed by atoms with Crippen molar-refractivity contribution in [2.24, 2.45) is 5.92 Å². The van der Waals surface area contributed by atoms with Crippen molar-refractivity contribution in [1.82, 2.24) is 10.6 Å². The molecule has 2 N–H and O–H groups in total. The maximum atomic E-state index is 5.76. The number of hydrogen-bond acceptors (Lipinski definition) is 4. The summed E-state index contributed by atoms with van der Waals surface area (Å²) in [4.78, 5) is 0. The third-order valence-electron chi connectivity index (χ3n) is 4.80. The smallest absolute Gasteiger partial charge is 0.0717 e. The van der Waals surface area contributed by atoms with Gasteiger partial charge in [0.15, 0.2) is 0 Å². The Balaban J connectivity index is 0.00000192. The van der Waals surface area contributed by atoms with Gasteiger partial charge in [-0.25, -0.2) is 0 Å². The number of nitrogens with one attached hydrogen (secondary N) is 2. The van der Waals surface area contributed by atoms with Crippen LogP contribution >= 0.6 is 12.4 Å². The van der Waals surface area contributed by atoms with Gasteiger partial charge in [0.1, 0.15) is 0 Å². The van der Waals surface area contributed by atoms with Crippen molar-refractivity contribution >= 4 is 12.4 Å². The number of hydrogen-bond donors (Lipinski definition) is 2. The summed E-state index contributed by atoms with van der Waals surface area (Å²) in [5.41, 5.74) is 1.24. The van der Waals surface area contributed by atoms with E-state index in [0.717, 1.165) is 32.9 Å². The van der Waals surface area contributed by atoms with Crippen LogP contribution in [0.3, 0.4) is 0 Å². The number of benzene rings is 1. The molecule has 3 rings (SSSR count). The maximum absolute atomic E-state index is 5.76. The molecule has 1 aliphatic carbocycles. The van der Waals surface area contributed by atoms with Crippen molar-refractivity contribution in [2.75, 3.05) is 32.9 Å². The van der Waals surface area contributed by atoms with Crippen LogP contribution in [0.25, 0.3) is 0 Å². The molecule has 1 saturated carbocycles. The van der Waals surface area contributed by atoms with Crippen molar-refractivity contribution in [3.63, 3.8) is 0 Å². The number of rotatable bonds is 7. The van der Waals surface area contributed by atoms with Gasteiger partial charge in [-0.1, -0.05) is 36.8 Å². The lowest BCUT2D eigenvalue weighted by Crippen LogP contribution is -2.51. The Bertz CT molecular complexity index is 426. The molecule has 1 aromatic carbocycles. The molecule has 1 heterocycles. The van der Waals surface area contributed by atoms with E-state index in [1.807, 2.05) is 6.07 Å². The van der Waals surface area contributed by atoms with Crippen LogP contribution in [0.1, 0.15) is 24.8 Å². The van der Waals surface area contributed by atoms with Gasteiger partial charge in [-0.2, -0.15) is 0 Å². The lowest BCUT2D eigenvalue weighted by molar-refractivity contribution is 0.0513. The Labute approximate surface area is 145 Å². The van der Waals surface area contributed by atoms with E-state index in [4.69, 9.17) is 9.47 Å². The standard InChI is InChI=1S/C18H28N2O2.ClH/c1-2-5-15(6-3-1)13-21-11-9-19-17-8-4-7-16(17)18-14-22-12-10-20-18;/h1-3,5-6,16-20H,4,7-14H2;1H. The van der Waals surface area contributed by atoms with Crippen LogP contribution in [-0.2, 0) is 16.1 Å². The summed E-state index contributed by atoms with van der Waals surface area (Å²) in [7, 11) is 0. The molecular formula is C18H29ClN2O2. The quantitative estimate of drug-likeness (QED) is 0.748. The van der Waals surface area contributed by atoms with E-state index in [2.05, 4.69) is 34.9 Å². The van der Waals surface area contributed by atoms with Crippen LogP contribution in [-0.4, -0.2) is 45.0 Å². The molecule has 1 aromatic rings. The zero-order valence-electron chi connectivity index (χ0n) is 13.7. The molecule has 5 heteroatoms. The Morgan fingerprint density at radius 2 is 2.09 bits per heavy atom. The second-order valence-electron chi connectivity index (χ2n) is 6.33. The van der Waals surface area contributed by atoms with Gasteiger partial charge >= 0.3 is 0 Å². The van der Waals surface area contributed by atoms with Gasteiger partial charge in [-0.05, 0) is 24.3 Å². The summed E-state index contributed by atoms with van der Waals surface area (Å²) in [5, 5.41) is 7.31. The van der Waals surface area contributed by atoms with Crippen molar-refractivity contribution in [2.45, 2.75) is 38.0 Å². The second-order valence-corrected chi connectivity index (χ2v) is 6.33. The molecule has 3 atom stereocenters. The molecule has 0 aromatic heterocycles. The molecule has 3 unspecified atom stereocenters. The minimum absolute atomic E-state index is 0. The van der Waals surface area contributed by atoms with Crippen LogP contribution < -0.4 is 10.6 Å². The zero-order chi connectivity index (χ0) is 15.0. The van der Waals surface area contributed by atoms with E-state index in [9.17, 15) is 0 Å². The molecule has 130 valence electrons. The minimum Gasteiger partial charge on any atom is -0.379 e. The lowest BCUT2D eigenvalue weighted by Gasteiger charge is -2.33. The van der Waals surface area contributed by atoms with Crippen LogP contribution in [0.4, 0.5) is 0 Å². The molecule has 0 amide bonds. The van der Waals surface area contributed by atoms with E-state index in [0.29, 0.717) is 24.6 Å². The fourth-order valence-electron chi connectivity index (χ4n) is 3.67. The number of morpholine rings is 1. The van der Waals surface area contributed by atoms with Gasteiger partial charge in [0, 0.05) is 25.2 Å². The molecule has 0 bridgehead atoms. The summed E-state index contributed by atoms with van der Waals surface area (Å²) in [5.74, 6) is 0.703. The van der Waals surface area contributed by atoms with Gasteiger partial charge in [0.25, 0.3) is 0 Å². The van der Waals surface area contributed by atoms with Gasteiger partial charge < -0.3 is 20.1 Å². The molecule has 2 fully saturated rings. The monoisotopic (exact) mass is 340 g/mol. The number of ether oxygens (including phenoxy) is 2. The molecule has 1 saturated heterocycles. The average Bonchev–Trinajstić information content (AvgIpc) is 3.05. The first-order valence-electron chi connectivity index (χ1n) is 8.59. The van der Waals surface area contributed by atoms with E-state index in [1.54, 1.807) is 0 Å². The largest absolute Gasteiger partial charge is 0.379 e. The van der Waals surface area contributed by atoms with Crippen molar-refractivity contribution in [3.8, 4) is 0 Å². The Kier molecular flexibility index (Phi) is 8.34. The topological polar surface area (TPSA) is 42.5 Å². The third-order valence-corrected chi connectivity index (χ3v) is 4.80. The zero-order valence-corrected chi connectivity index (χ0v) is 14.5. The molecule has 4 nitrogen and oxygen atoms in total. The highest BCUT2D eigenvalue weighted by Gasteiger charge is 2.34. The maximum Gasteiger partial charge on any atom is 0.0717 e. The first-order valence-corrected chi connectivity index (χ1v) is 8.59. The highest BCUT2D eigenvalue weighted by atomic mass is 35.5. The summed E-state index contributed by atoms with van der Waals surface area (Å²) < 4.78 is 11.4. The van der Waals surface area contributed by atoms with E-state index in [-0.39, 0.29) is 12.4 Å². The Morgan fingerprint density at radius 1 is 1.22 bits per heavy atom. The van der Waals surface area contributed by atoms with Crippen LogP contribution in [0, 0.1) is 5.92 Å². The van der Waals surface area contributed by atoms with E-state index < -0.39 is 0 Å². The molecule has 1 aliphatic heterocycles.